The van der Waals surface area contributed by atoms with Gasteiger partial charge in [-0.1, -0.05) is 27.7 Å². The molecule has 0 rings (SSSR count). The lowest BCUT2D eigenvalue weighted by Gasteiger charge is -2.27. The molecule has 0 aromatic rings. The SMILES string of the molecule is CC(C)C(CN(C)C)NC(=O)N[C@H](C(=O)O)C(C)C. The largest absolute Gasteiger partial charge is 0.480 e. The van der Waals surface area contributed by atoms with E-state index in [0.29, 0.717) is 6.54 Å². The molecular weight excluding hydrogens is 246 g/mol. The summed E-state index contributed by atoms with van der Waals surface area (Å²) in [5.74, 6) is -0.899. The minimum Gasteiger partial charge on any atom is -0.480 e. The first-order valence-electron chi connectivity index (χ1n) is 6.59. The van der Waals surface area contributed by atoms with Crippen molar-refractivity contribution < 1.29 is 14.7 Å². The molecule has 0 aliphatic rings. The highest BCUT2D eigenvalue weighted by Gasteiger charge is 2.25. The summed E-state index contributed by atoms with van der Waals surface area (Å²) in [4.78, 5) is 24.9. The standard InChI is InChI=1S/C13H27N3O3/c1-8(2)10(7-16(5)6)14-13(19)15-11(9(3)4)12(17)18/h8-11H,7H2,1-6H3,(H,17,18)(H2,14,15,19)/t10?,11-/m0/s1. The van der Waals surface area contributed by atoms with Crippen LogP contribution in [0.15, 0.2) is 0 Å². The normalized spacial score (nSPS) is 14.6. The van der Waals surface area contributed by atoms with Gasteiger partial charge in [0.2, 0.25) is 0 Å². The molecule has 1 unspecified atom stereocenters. The van der Waals surface area contributed by atoms with Gasteiger partial charge >= 0.3 is 12.0 Å². The average Bonchev–Trinajstić information content (AvgIpc) is 2.23. The Balaban J connectivity index is 4.52. The zero-order valence-corrected chi connectivity index (χ0v) is 12.7. The zero-order chi connectivity index (χ0) is 15.2. The van der Waals surface area contributed by atoms with Gasteiger partial charge in [-0.15, -0.1) is 0 Å². The summed E-state index contributed by atoms with van der Waals surface area (Å²) >= 11 is 0. The zero-order valence-electron chi connectivity index (χ0n) is 12.7. The summed E-state index contributed by atoms with van der Waals surface area (Å²) in [5, 5.41) is 14.4. The number of carboxylic acids is 1. The highest BCUT2D eigenvalue weighted by molar-refractivity contribution is 5.82. The highest BCUT2D eigenvalue weighted by atomic mass is 16.4. The molecule has 0 saturated heterocycles. The summed E-state index contributed by atoms with van der Waals surface area (Å²) in [6, 6.07) is -1.31. The molecule has 0 radical (unpaired) electrons. The van der Waals surface area contributed by atoms with Gasteiger partial charge in [0.25, 0.3) is 0 Å². The Bertz CT molecular complexity index is 304. The molecular formula is C13H27N3O3. The van der Waals surface area contributed by atoms with Crippen molar-refractivity contribution in [1.82, 2.24) is 15.5 Å². The number of hydrogen-bond acceptors (Lipinski definition) is 3. The van der Waals surface area contributed by atoms with Crippen LogP contribution in [0, 0.1) is 11.8 Å². The van der Waals surface area contributed by atoms with Gasteiger partial charge in [-0.25, -0.2) is 9.59 Å². The van der Waals surface area contributed by atoms with Crippen LogP contribution in [-0.2, 0) is 4.79 Å². The maximum atomic E-state index is 11.9. The summed E-state index contributed by atoms with van der Waals surface area (Å²) < 4.78 is 0. The quantitative estimate of drug-likeness (QED) is 0.646. The van der Waals surface area contributed by atoms with Crippen molar-refractivity contribution in [3.63, 3.8) is 0 Å². The van der Waals surface area contributed by atoms with Gasteiger partial charge in [0, 0.05) is 12.6 Å². The van der Waals surface area contributed by atoms with Crippen LogP contribution < -0.4 is 10.6 Å². The Hall–Kier alpha value is -1.30. The molecule has 0 heterocycles. The van der Waals surface area contributed by atoms with E-state index in [1.165, 1.54) is 0 Å². The summed E-state index contributed by atoms with van der Waals surface area (Å²) in [7, 11) is 3.87. The van der Waals surface area contributed by atoms with Crippen LogP contribution in [-0.4, -0.2) is 54.7 Å². The number of carboxylic acid groups (broad SMARTS) is 1. The van der Waals surface area contributed by atoms with E-state index in [1.807, 2.05) is 32.8 Å². The van der Waals surface area contributed by atoms with E-state index in [1.54, 1.807) is 13.8 Å². The molecule has 2 amide bonds. The van der Waals surface area contributed by atoms with E-state index in [2.05, 4.69) is 10.6 Å². The van der Waals surface area contributed by atoms with Crippen molar-refractivity contribution in [3.8, 4) is 0 Å². The average molecular weight is 273 g/mol. The monoisotopic (exact) mass is 273 g/mol. The minimum atomic E-state index is -1.01. The van der Waals surface area contributed by atoms with Crippen LogP contribution in [0.1, 0.15) is 27.7 Å². The van der Waals surface area contributed by atoms with Gasteiger partial charge in [-0.05, 0) is 25.9 Å². The van der Waals surface area contributed by atoms with Crippen LogP contribution in [0.5, 0.6) is 0 Å². The molecule has 0 aromatic carbocycles. The van der Waals surface area contributed by atoms with Gasteiger partial charge in [0.15, 0.2) is 0 Å². The Morgan fingerprint density at radius 3 is 1.89 bits per heavy atom. The number of nitrogens with zero attached hydrogens (tertiary/aromatic N) is 1. The summed E-state index contributed by atoms with van der Waals surface area (Å²) in [5.41, 5.74) is 0. The van der Waals surface area contributed by atoms with Crippen LogP contribution in [0.3, 0.4) is 0 Å². The molecule has 0 fully saturated rings. The van der Waals surface area contributed by atoms with Gasteiger partial charge in [-0.2, -0.15) is 0 Å². The van der Waals surface area contributed by atoms with Crippen molar-refractivity contribution in [2.45, 2.75) is 39.8 Å². The van der Waals surface area contributed by atoms with E-state index in [0.717, 1.165) is 0 Å². The van der Waals surface area contributed by atoms with Crippen molar-refractivity contribution in [2.24, 2.45) is 11.8 Å². The molecule has 0 aliphatic carbocycles. The van der Waals surface area contributed by atoms with Crippen LogP contribution in [0.2, 0.25) is 0 Å². The van der Waals surface area contributed by atoms with E-state index < -0.39 is 18.0 Å². The number of carbonyl (C=O) groups is 2. The fourth-order valence-corrected chi connectivity index (χ4v) is 1.68. The molecule has 19 heavy (non-hydrogen) atoms. The van der Waals surface area contributed by atoms with E-state index in [-0.39, 0.29) is 17.9 Å². The smallest absolute Gasteiger partial charge is 0.326 e. The highest BCUT2D eigenvalue weighted by Crippen LogP contribution is 2.04. The molecule has 6 nitrogen and oxygen atoms in total. The number of rotatable bonds is 7. The third kappa shape index (κ3) is 7.00. The molecule has 0 bridgehead atoms. The van der Waals surface area contributed by atoms with E-state index >= 15 is 0 Å². The molecule has 0 spiro atoms. The number of hydrogen-bond donors (Lipinski definition) is 3. The third-order valence-electron chi connectivity index (χ3n) is 2.90. The first-order chi connectivity index (χ1) is 8.65. The number of urea groups is 1. The minimum absolute atomic E-state index is 0.0170. The van der Waals surface area contributed by atoms with E-state index in [9.17, 15) is 9.59 Å². The van der Waals surface area contributed by atoms with Gasteiger partial charge in [0.1, 0.15) is 6.04 Å². The van der Waals surface area contributed by atoms with Crippen LogP contribution in [0.4, 0.5) is 4.79 Å². The number of likely N-dealkylation sites (N-methyl/N-ethyl adjacent to an activating group) is 1. The lowest BCUT2D eigenvalue weighted by molar-refractivity contribution is -0.140. The molecule has 6 heteroatoms. The van der Waals surface area contributed by atoms with Crippen LogP contribution >= 0.6 is 0 Å². The topological polar surface area (TPSA) is 81.7 Å². The number of amides is 2. The van der Waals surface area contributed by atoms with Crippen molar-refractivity contribution in [2.75, 3.05) is 20.6 Å². The van der Waals surface area contributed by atoms with Crippen molar-refractivity contribution >= 4 is 12.0 Å². The number of carbonyl (C=O) groups excluding carboxylic acids is 1. The first-order valence-corrected chi connectivity index (χ1v) is 6.59. The summed E-state index contributed by atoms with van der Waals surface area (Å²) in [6.45, 7) is 8.28. The molecule has 0 aromatic heterocycles. The third-order valence-corrected chi connectivity index (χ3v) is 2.90. The predicted octanol–water partition coefficient (Wildman–Crippen LogP) is 0.981. The van der Waals surface area contributed by atoms with Crippen molar-refractivity contribution in [3.05, 3.63) is 0 Å². The second kappa shape index (κ2) is 7.99. The Labute approximate surface area is 115 Å². The predicted molar refractivity (Wildman–Crippen MR) is 75.1 cm³/mol. The maximum absolute atomic E-state index is 11.9. The Kier molecular flexibility index (Phi) is 7.44. The number of nitrogens with one attached hydrogen (secondary N) is 2. The Morgan fingerprint density at radius 1 is 1.05 bits per heavy atom. The number of aliphatic carboxylic acids is 1. The van der Waals surface area contributed by atoms with Gasteiger partial charge < -0.3 is 20.6 Å². The second-order valence-corrected chi connectivity index (χ2v) is 5.79. The fraction of sp³-hybridized carbons (Fsp3) is 0.846. The maximum Gasteiger partial charge on any atom is 0.326 e. The Morgan fingerprint density at radius 2 is 1.58 bits per heavy atom. The summed E-state index contributed by atoms with van der Waals surface area (Å²) in [6.07, 6.45) is 0. The molecule has 0 aliphatic heterocycles. The fourth-order valence-electron chi connectivity index (χ4n) is 1.68. The van der Waals surface area contributed by atoms with Crippen LogP contribution in [0.25, 0.3) is 0 Å². The van der Waals surface area contributed by atoms with Gasteiger partial charge in [-0.3, -0.25) is 0 Å². The molecule has 2 atom stereocenters. The van der Waals surface area contributed by atoms with Gasteiger partial charge in [0.05, 0.1) is 0 Å². The van der Waals surface area contributed by atoms with Crippen molar-refractivity contribution in [1.29, 1.82) is 0 Å². The molecule has 0 saturated carbocycles. The lowest BCUT2D eigenvalue weighted by atomic mass is 10.0. The second-order valence-electron chi connectivity index (χ2n) is 5.79. The first kappa shape index (κ1) is 17.7. The molecule has 3 N–H and O–H groups in total. The lowest BCUT2D eigenvalue weighted by Crippen LogP contribution is -2.54. The van der Waals surface area contributed by atoms with E-state index in [4.69, 9.17) is 5.11 Å². The molecule has 112 valence electrons.